The maximum absolute atomic E-state index is 13.8. The van der Waals surface area contributed by atoms with Crippen LogP contribution in [0.4, 0.5) is 10.5 Å². The Morgan fingerprint density at radius 2 is 1.85 bits per heavy atom. The van der Waals surface area contributed by atoms with Gasteiger partial charge in [-0.3, -0.25) is 4.79 Å². The van der Waals surface area contributed by atoms with Crippen molar-refractivity contribution in [2.75, 3.05) is 51.3 Å². The van der Waals surface area contributed by atoms with E-state index in [9.17, 15) is 9.59 Å². The quantitative estimate of drug-likeness (QED) is 0.447. The minimum Gasteiger partial charge on any atom is -0.496 e. The predicted octanol–water partition coefficient (Wildman–Crippen LogP) is 5.15. The molecule has 8 nitrogen and oxygen atoms in total. The Hall–Kier alpha value is -3.26. The third kappa shape index (κ3) is 6.85. The molecule has 2 aromatic carbocycles. The van der Waals surface area contributed by atoms with E-state index < -0.39 is 11.7 Å². The van der Waals surface area contributed by atoms with Gasteiger partial charge in [0, 0.05) is 56.1 Å². The standard InChI is InChI=1S/C31H44N4O4/c1-7-33-16-18-34(19-17-33)27-11-8-10-24-25(27)21-35(29(24)36)26(23-13-14-28(38-6)22(2)20-23)12-9-15-32-30(37)39-31(3,4)5/h8,10-11,13-14,20,26H,7,9,12,15-19,21H2,1-6H3,(H,32,37)/t26-/m1/s1. The van der Waals surface area contributed by atoms with Crippen LogP contribution in [0.1, 0.15) is 73.6 Å². The summed E-state index contributed by atoms with van der Waals surface area (Å²) in [6.07, 6.45) is 1.00. The van der Waals surface area contributed by atoms with E-state index in [1.54, 1.807) is 7.11 Å². The lowest BCUT2D eigenvalue weighted by atomic mass is 9.98. The van der Waals surface area contributed by atoms with Gasteiger partial charge in [-0.2, -0.15) is 0 Å². The molecule has 0 spiro atoms. The van der Waals surface area contributed by atoms with Crippen molar-refractivity contribution in [1.29, 1.82) is 0 Å². The van der Waals surface area contributed by atoms with Crippen molar-refractivity contribution >= 4 is 17.7 Å². The van der Waals surface area contributed by atoms with E-state index in [4.69, 9.17) is 9.47 Å². The summed E-state index contributed by atoms with van der Waals surface area (Å²) in [5.74, 6) is 0.895. The van der Waals surface area contributed by atoms with Crippen LogP contribution < -0.4 is 15.0 Å². The maximum atomic E-state index is 13.8. The predicted molar refractivity (Wildman–Crippen MR) is 155 cm³/mol. The molecule has 1 saturated heterocycles. The number of benzene rings is 2. The van der Waals surface area contributed by atoms with Gasteiger partial charge in [0.25, 0.3) is 5.91 Å². The van der Waals surface area contributed by atoms with E-state index in [1.807, 2.05) is 50.8 Å². The van der Waals surface area contributed by atoms with Gasteiger partial charge in [0.2, 0.25) is 0 Å². The number of carbonyl (C=O) groups is 2. The highest BCUT2D eigenvalue weighted by Crippen LogP contribution is 2.39. The fraction of sp³-hybridized carbons (Fsp3) is 0.548. The second kappa shape index (κ2) is 12.3. The minimum absolute atomic E-state index is 0.0672. The molecule has 2 aromatic rings. The highest BCUT2D eigenvalue weighted by molar-refractivity contribution is 6.00. The lowest BCUT2D eigenvalue weighted by Crippen LogP contribution is -2.46. The molecular formula is C31H44N4O4. The number of ether oxygens (including phenoxy) is 2. The average molecular weight is 537 g/mol. The number of carbonyl (C=O) groups excluding carboxylic acids is 2. The summed E-state index contributed by atoms with van der Waals surface area (Å²) in [6, 6.07) is 12.2. The van der Waals surface area contributed by atoms with Crippen molar-refractivity contribution in [3.8, 4) is 5.75 Å². The van der Waals surface area contributed by atoms with Gasteiger partial charge in [-0.25, -0.2) is 4.79 Å². The smallest absolute Gasteiger partial charge is 0.407 e. The Balaban J connectivity index is 1.54. The lowest BCUT2D eigenvalue weighted by Gasteiger charge is -2.36. The van der Waals surface area contributed by atoms with Crippen LogP contribution in [0.15, 0.2) is 36.4 Å². The van der Waals surface area contributed by atoms with Gasteiger partial charge in [-0.05, 0) is 76.4 Å². The number of hydrogen-bond acceptors (Lipinski definition) is 6. The largest absolute Gasteiger partial charge is 0.496 e. The number of piperazine rings is 1. The molecule has 1 fully saturated rings. The maximum Gasteiger partial charge on any atom is 0.407 e. The second-order valence-electron chi connectivity index (χ2n) is 11.5. The van der Waals surface area contributed by atoms with Crippen LogP contribution in [0.2, 0.25) is 0 Å². The molecular weight excluding hydrogens is 492 g/mol. The number of likely N-dealkylation sites (N-methyl/N-ethyl adjacent to an activating group) is 1. The van der Waals surface area contributed by atoms with Crippen LogP contribution in [0.3, 0.4) is 0 Å². The van der Waals surface area contributed by atoms with Crippen LogP contribution in [0.25, 0.3) is 0 Å². The summed E-state index contributed by atoms with van der Waals surface area (Å²) in [5, 5.41) is 2.86. The van der Waals surface area contributed by atoms with Gasteiger partial charge in [-0.1, -0.05) is 25.1 Å². The van der Waals surface area contributed by atoms with Crippen molar-refractivity contribution in [1.82, 2.24) is 15.1 Å². The number of hydrogen-bond donors (Lipinski definition) is 1. The second-order valence-corrected chi connectivity index (χ2v) is 11.5. The molecule has 2 aliphatic rings. The van der Waals surface area contributed by atoms with Crippen LogP contribution in [-0.4, -0.2) is 73.8 Å². The number of alkyl carbamates (subject to hydrolysis) is 1. The number of methoxy groups -OCH3 is 1. The normalized spacial score (nSPS) is 16.7. The number of aryl methyl sites for hydroxylation is 1. The van der Waals surface area contributed by atoms with Gasteiger partial charge >= 0.3 is 6.09 Å². The van der Waals surface area contributed by atoms with Crippen molar-refractivity contribution in [3.63, 3.8) is 0 Å². The van der Waals surface area contributed by atoms with E-state index in [0.717, 1.165) is 60.7 Å². The van der Waals surface area contributed by atoms with Crippen molar-refractivity contribution in [2.45, 2.75) is 65.6 Å². The summed E-state index contributed by atoms with van der Waals surface area (Å²) in [5.41, 5.74) is 4.66. The van der Waals surface area contributed by atoms with Crippen molar-refractivity contribution < 1.29 is 19.1 Å². The monoisotopic (exact) mass is 536 g/mol. The van der Waals surface area contributed by atoms with E-state index in [-0.39, 0.29) is 11.9 Å². The Morgan fingerprint density at radius 1 is 1.10 bits per heavy atom. The van der Waals surface area contributed by atoms with E-state index in [1.165, 1.54) is 5.69 Å². The van der Waals surface area contributed by atoms with Crippen molar-refractivity contribution in [2.24, 2.45) is 0 Å². The number of rotatable bonds is 9. The van der Waals surface area contributed by atoms with E-state index in [0.29, 0.717) is 25.9 Å². The first-order chi connectivity index (χ1) is 18.6. The van der Waals surface area contributed by atoms with E-state index in [2.05, 4.69) is 40.2 Å². The highest BCUT2D eigenvalue weighted by Gasteiger charge is 2.36. The molecule has 0 aliphatic carbocycles. The molecule has 0 radical (unpaired) electrons. The zero-order valence-corrected chi connectivity index (χ0v) is 24.4. The molecule has 1 N–H and O–H groups in total. The molecule has 0 bridgehead atoms. The first-order valence-electron chi connectivity index (χ1n) is 14.1. The molecule has 0 saturated carbocycles. The van der Waals surface area contributed by atoms with Gasteiger partial charge in [0.15, 0.2) is 0 Å². The van der Waals surface area contributed by atoms with Gasteiger partial charge in [-0.15, -0.1) is 0 Å². The molecule has 2 heterocycles. The molecule has 0 unspecified atom stereocenters. The molecule has 212 valence electrons. The number of fused-ring (bicyclic) bond motifs is 1. The van der Waals surface area contributed by atoms with Crippen LogP contribution in [0, 0.1) is 6.92 Å². The zero-order chi connectivity index (χ0) is 28.2. The molecule has 4 rings (SSSR count). The molecule has 2 amide bonds. The first kappa shape index (κ1) is 28.7. The highest BCUT2D eigenvalue weighted by atomic mass is 16.6. The fourth-order valence-electron chi connectivity index (χ4n) is 5.60. The summed E-state index contributed by atoms with van der Waals surface area (Å²) in [6.45, 7) is 15.9. The fourth-order valence-corrected chi connectivity index (χ4v) is 5.60. The topological polar surface area (TPSA) is 74.3 Å². The average Bonchev–Trinajstić information content (AvgIpc) is 3.24. The van der Waals surface area contributed by atoms with Crippen LogP contribution in [-0.2, 0) is 11.3 Å². The minimum atomic E-state index is -0.540. The number of nitrogens with one attached hydrogen (secondary N) is 1. The van der Waals surface area contributed by atoms with Crippen molar-refractivity contribution in [3.05, 3.63) is 58.7 Å². The Bertz CT molecular complexity index is 1170. The molecule has 8 heteroatoms. The summed E-state index contributed by atoms with van der Waals surface area (Å²) >= 11 is 0. The summed E-state index contributed by atoms with van der Waals surface area (Å²) in [7, 11) is 1.67. The Morgan fingerprint density at radius 3 is 2.49 bits per heavy atom. The van der Waals surface area contributed by atoms with Gasteiger partial charge < -0.3 is 29.5 Å². The van der Waals surface area contributed by atoms with E-state index >= 15 is 0 Å². The molecule has 39 heavy (non-hydrogen) atoms. The van der Waals surface area contributed by atoms with Gasteiger partial charge in [0.05, 0.1) is 13.2 Å². The van der Waals surface area contributed by atoms with Gasteiger partial charge in [0.1, 0.15) is 11.4 Å². The van der Waals surface area contributed by atoms with Crippen LogP contribution in [0.5, 0.6) is 5.75 Å². The SMILES string of the molecule is CCN1CCN(c2cccc3c2CN([C@H](CCCNC(=O)OC(C)(C)C)c2ccc(OC)c(C)c2)C3=O)CC1. The summed E-state index contributed by atoms with van der Waals surface area (Å²) in [4.78, 5) is 32.9. The summed E-state index contributed by atoms with van der Waals surface area (Å²) < 4.78 is 10.9. The van der Waals surface area contributed by atoms with Crippen LogP contribution >= 0.6 is 0 Å². The molecule has 0 aromatic heterocycles. The molecule has 1 atom stereocenters. The lowest BCUT2D eigenvalue weighted by molar-refractivity contribution is 0.0521. The number of nitrogens with zero attached hydrogens (tertiary/aromatic N) is 3. The number of anilines is 1. The zero-order valence-electron chi connectivity index (χ0n) is 24.4. The Labute approximate surface area is 233 Å². The number of amides is 2. The molecule has 2 aliphatic heterocycles. The third-order valence-electron chi connectivity index (χ3n) is 7.63. The Kier molecular flexibility index (Phi) is 9.05. The first-order valence-corrected chi connectivity index (χ1v) is 14.1. The third-order valence-corrected chi connectivity index (χ3v) is 7.63.